The highest BCUT2D eigenvalue weighted by molar-refractivity contribution is 6.31. The Bertz CT molecular complexity index is 654. The second-order valence-corrected chi connectivity index (χ2v) is 7.36. The first-order valence-corrected chi connectivity index (χ1v) is 9.26. The Kier molecular flexibility index (Phi) is 4.41. The number of piperidine rings is 2. The summed E-state index contributed by atoms with van der Waals surface area (Å²) in [6, 6.07) is 20.2. The predicted octanol–water partition coefficient (Wildman–Crippen LogP) is 5.47. The highest BCUT2D eigenvalue weighted by Gasteiger charge is 2.41. The normalized spacial score (nSPS) is 28.3. The van der Waals surface area contributed by atoms with Crippen molar-refractivity contribution in [2.24, 2.45) is 0 Å². The minimum atomic E-state index is 0.514. The molecule has 4 rings (SSSR count). The number of benzene rings is 2. The van der Waals surface area contributed by atoms with Crippen molar-refractivity contribution in [3.8, 4) is 0 Å². The van der Waals surface area contributed by atoms with Crippen molar-refractivity contribution < 1.29 is 0 Å². The molecule has 2 heterocycles. The summed E-state index contributed by atoms with van der Waals surface area (Å²) < 4.78 is 0. The van der Waals surface area contributed by atoms with Gasteiger partial charge >= 0.3 is 0 Å². The molecule has 2 aromatic rings. The fourth-order valence-corrected chi connectivity index (χ4v) is 4.96. The van der Waals surface area contributed by atoms with Crippen LogP contribution in [0.2, 0.25) is 5.02 Å². The smallest absolute Gasteiger partial charge is 0.0441 e. The third-order valence-corrected chi connectivity index (χ3v) is 6.08. The third kappa shape index (κ3) is 2.93. The molecule has 3 unspecified atom stereocenters. The van der Waals surface area contributed by atoms with Crippen LogP contribution < -0.4 is 0 Å². The molecule has 0 N–H and O–H groups in total. The van der Waals surface area contributed by atoms with Gasteiger partial charge in [0, 0.05) is 17.0 Å². The topological polar surface area (TPSA) is 3.24 Å². The molecular weight excluding hydrogens is 302 g/mol. The number of fused-ring (bicyclic) bond motifs is 1. The van der Waals surface area contributed by atoms with Crippen molar-refractivity contribution >= 4 is 11.6 Å². The highest BCUT2D eigenvalue weighted by atomic mass is 35.5. The number of hydrogen-bond donors (Lipinski definition) is 0. The van der Waals surface area contributed by atoms with E-state index in [1.807, 2.05) is 6.07 Å². The fourth-order valence-electron chi connectivity index (χ4n) is 4.70. The van der Waals surface area contributed by atoms with Crippen LogP contribution in [-0.2, 0) is 0 Å². The molecule has 120 valence electrons. The van der Waals surface area contributed by atoms with Crippen LogP contribution in [0, 0.1) is 0 Å². The first-order chi connectivity index (χ1) is 11.3. The molecule has 2 heteroatoms. The zero-order chi connectivity index (χ0) is 15.6. The second-order valence-electron chi connectivity index (χ2n) is 6.95. The van der Waals surface area contributed by atoms with Crippen LogP contribution in [0.5, 0.6) is 0 Å². The summed E-state index contributed by atoms with van der Waals surface area (Å²) in [4.78, 5) is 2.72. The van der Waals surface area contributed by atoms with E-state index in [2.05, 4.69) is 53.4 Å². The van der Waals surface area contributed by atoms with Gasteiger partial charge in [-0.05, 0) is 55.5 Å². The molecule has 23 heavy (non-hydrogen) atoms. The number of nitrogens with zero attached hydrogens (tertiary/aromatic N) is 1. The lowest BCUT2D eigenvalue weighted by atomic mass is 9.70. The van der Waals surface area contributed by atoms with Crippen LogP contribution in [0.25, 0.3) is 0 Å². The number of halogens is 1. The predicted molar refractivity (Wildman–Crippen MR) is 97.2 cm³/mol. The van der Waals surface area contributed by atoms with E-state index >= 15 is 0 Å². The molecule has 0 spiro atoms. The Morgan fingerprint density at radius 3 is 2.43 bits per heavy atom. The second kappa shape index (κ2) is 6.67. The van der Waals surface area contributed by atoms with Crippen LogP contribution in [0.1, 0.15) is 48.6 Å². The van der Waals surface area contributed by atoms with E-state index in [9.17, 15) is 0 Å². The summed E-state index contributed by atoms with van der Waals surface area (Å²) in [6.45, 7) is 2.48. The number of hydrogen-bond acceptors (Lipinski definition) is 1. The maximum absolute atomic E-state index is 6.62. The maximum Gasteiger partial charge on any atom is 0.0441 e. The molecule has 0 radical (unpaired) electrons. The maximum atomic E-state index is 6.62. The molecule has 2 fully saturated rings. The van der Waals surface area contributed by atoms with Crippen LogP contribution in [-0.4, -0.2) is 24.0 Å². The monoisotopic (exact) mass is 325 g/mol. The van der Waals surface area contributed by atoms with Gasteiger partial charge in [-0.2, -0.15) is 0 Å². The van der Waals surface area contributed by atoms with Gasteiger partial charge in [-0.15, -0.1) is 0 Å². The summed E-state index contributed by atoms with van der Waals surface area (Å²) in [5.41, 5.74) is 2.82. The Labute approximate surface area is 144 Å². The first kappa shape index (κ1) is 15.2. The molecule has 2 saturated heterocycles. The zero-order valence-corrected chi connectivity index (χ0v) is 14.3. The van der Waals surface area contributed by atoms with E-state index in [1.165, 1.54) is 49.9 Å². The first-order valence-electron chi connectivity index (χ1n) is 8.88. The average molecular weight is 326 g/mol. The van der Waals surface area contributed by atoms with Crippen molar-refractivity contribution in [1.82, 2.24) is 4.90 Å². The van der Waals surface area contributed by atoms with Gasteiger partial charge in [0.1, 0.15) is 0 Å². The van der Waals surface area contributed by atoms with Crippen molar-refractivity contribution in [3.63, 3.8) is 0 Å². The van der Waals surface area contributed by atoms with E-state index in [0.717, 1.165) is 5.02 Å². The molecule has 0 saturated carbocycles. The highest BCUT2D eigenvalue weighted by Crippen LogP contribution is 2.47. The van der Waals surface area contributed by atoms with E-state index in [-0.39, 0.29) is 0 Å². The van der Waals surface area contributed by atoms with Gasteiger partial charge < -0.3 is 0 Å². The quantitative estimate of drug-likeness (QED) is 0.708. The van der Waals surface area contributed by atoms with Crippen molar-refractivity contribution in [2.75, 3.05) is 13.1 Å². The van der Waals surface area contributed by atoms with Crippen molar-refractivity contribution in [3.05, 3.63) is 70.7 Å². The minimum absolute atomic E-state index is 0.514. The zero-order valence-electron chi connectivity index (χ0n) is 13.5. The summed E-state index contributed by atoms with van der Waals surface area (Å²) in [5.74, 6) is 1.09. The summed E-state index contributed by atoms with van der Waals surface area (Å²) in [5, 5.41) is 0.936. The minimum Gasteiger partial charge on any atom is -0.300 e. The largest absolute Gasteiger partial charge is 0.300 e. The van der Waals surface area contributed by atoms with Gasteiger partial charge in [0.15, 0.2) is 0 Å². The van der Waals surface area contributed by atoms with E-state index in [1.54, 1.807) is 0 Å². The molecule has 2 aliphatic rings. The third-order valence-electron chi connectivity index (χ3n) is 5.73. The van der Waals surface area contributed by atoms with Gasteiger partial charge in [-0.1, -0.05) is 66.6 Å². The van der Waals surface area contributed by atoms with Gasteiger partial charge in [0.25, 0.3) is 0 Å². The lowest BCUT2D eigenvalue weighted by Crippen LogP contribution is -2.49. The van der Waals surface area contributed by atoms with Crippen LogP contribution >= 0.6 is 11.6 Å². The molecule has 3 atom stereocenters. The van der Waals surface area contributed by atoms with Gasteiger partial charge in [0.2, 0.25) is 0 Å². The SMILES string of the molecule is Clc1ccccc1C1C(c2ccccc2)CCN2CCCCC12. The summed E-state index contributed by atoms with van der Waals surface area (Å²) in [6.07, 6.45) is 5.24. The fraction of sp³-hybridized carbons (Fsp3) is 0.429. The van der Waals surface area contributed by atoms with Gasteiger partial charge in [-0.25, -0.2) is 0 Å². The van der Waals surface area contributed by atoms with Crippen molar-refractivity contribution in [2.45, 2.75) is 43.6 Å². The molecular formula is C21H24ClN. The standard InChI is InChI=1S/C21H24ClN/c22-19-11-5-4-10-18(19)21-17(16-8-2-1-3-9-16)13-15-23-14-7-6-12-20(21)23/h1-5,8-11,17,20-21H,6-7,12-15H2. The Balaban J connectivity index is 1.77. The lowest BCUT2D eigenvalue weighted by molar-refractivity contribution is 0.0767. The van der Waals surface area contributed by atoms with Crippen LogP contribution in [0.4, 0.5) is 0 Å². The molecule has 0 amide bonds. The van der Waals surface area contributed by atoms with Gasteiger partial charge in [0.05, 0.1) is 0 Å². The molecule has 1 nitrogen and oxygen atoms in total. The van der Waals surface area contributed by atoms with E-state index in [0.29, 0.717) is 17.9 Å². The average Bonchev–Trinajstić information content (AvgIpc) is 2.62. The Morgan fingerprint density at radius 1 is 0.826 bits per heavy atom. The molecule has 0 aromatic heterocycles. The van der Waals surface area contributed by atoms with E-state index < -0.39 is 0 Å². The van der Waals surface area contributed by atoms with Crippen LogP contribution in [0.15, 0.2) is 54.6 Å². The lowest BCUT2D eigenvalue weighted by Gasteiger charge is -2.48. The summed E-state index contributed by atoms with van der Waals surface area (Å²) in [7, 11) is 0. The molecule has 2 aliphatic heterocycles. The molecule has 0 aliphatic carbocycles. The molecule has 2 aromatic carbocycles. The van der Waals surface area contributed by atoms with Gasteiger partial charge in [-0.3, -0.25) is 4.90 Å². The Hall–Kier alpha value is -1.31. The van der Waals surface area contributed by atoms with E-state index in [4.69, 9.17) is 11.6 Å². The van der Waals surface area contributed by atoms with Crippen molar-refractivity contribution in [1.29, 1.82) is 0 Å². The summed E-state index contributed by atoms with van der Waals surface area (Å²) >= 11 is 6.62. The Morgan fingerprint density at radius 2 is 1.61 bits per heavy atom. The molecule has 0 bridgehead atoms. The number of rotatable bonds is 2. The van der Waals surface area contributed by atoms with Crippen LogP contribution in [0.3, 0.4) is 0 Å².